The second-order valence-corrected chi connectivity index (χ2v) is 4.49. The maximum absolute atomic E-state index is 5.95. The highest BCUT2D eigenvalue weighted by Gasteiger charge is 2.28. The first-order chi connectivity index (χ1) is 6.40. The molecule has 2 nitrogen and oxygen atoms in total. The van der Waals surface area contributed by atoms with E-state index in [1.54, 1.807) is 0 Å². The Morgan fingerprint density at radius 3 is 2.62 bits per heavy atom. The SMILES string of the molecule is CNC1CCCCC1OCC1CC1. The Morgan fingerprint density at radius 2 is 1.92 bits per heavy atom. The standard InChI is InChI=1S/C11H21NO/c1-12-10-4-2-3-5-11(10)13-8-9-6-7-9/h9-12H,2-8H2,1H3. The predicted octanol–water partition coefficient (Wildman–Crippen LogP) is 1.94. The van der Waals surface area contributed by atoms with E-state index in [-0.39, 0.29) is 0 Å². The molecule has 2 aliphatic carbocycles. The van der Waals surface area contributed by atoms with Gasteiger partial charge in [0.05, 0.1) is 6.10 Å². The summed E-state index contributed by atoms with van der Waals surface area (Å²) in [6.45, 7) is 1.02. The molecule has 13 heavy (non-hydrogen) atoms. The molecule has 0 spiro atoms. The van der Waals surface area contributed by atoms with Crippen LogP contribution in [-0.4, -0.2) is 25.8 Å². The molecular formula is C11H21NO. The average Bonchev–Trinajstić information content (AvgIpc) is 2.99. The molecule has 2 aliphatic rings. The molecule has 2 unspecified atom stereocenters. The summed E-state index contributed by atoms with van der Waals surface area (Å²) in [5.41, 5.74) is 0. The number of likely N-dealkylation sites (N-methyl/N-ethyl adjacent to an activating group) is 1. The van der Waals surface area contributed by atoms with E-state index in [4.69, 9.17) is 4.74 Å². The van der Waals surface area contributed by atoms with Gasteiger partial charge in [-0.25, -0.2) is 0 Å². The number of hydrogen-bond donors (Lipinski definition) is 1. The zero-order valence-corrected chi connectivity index (χ0v) is 8.59. The van der Waals surface area contributed by atoms with Gasteiger partial charge in [-0.3, -0.25) is 0 Å². The van der Waals surface area contributed by atoms with Gasteiger partial charge in [0, 0.05) is 12.6 Å². The summed E-state index contributed by atoms with van der Waals surface area (Å²) in [7, 11) is 2.06. The van der Waals surface area contributed by atoms with Crippen LogP contribution in [0.5, 0.6) is 0 Å². The molecule has 2 rings (SSSR count). The molecule has 2 saturated carbocycles. The quantitative estimate of drug-likeness (QED) is 0.719. The Balaban J connectivity index is 1.72. The molecule has 0 radical (unpaired) electrons. The van der Waals surface area contributed by atoms with E-state index in [1.807, 2.05) is 0 Å². The first-order valence-corrected chi connectivity index (χ1v) is 5.69. The van der Waals surface area contributed by atoms with E-state index in [0.29, 0.717) is 12.1 Å². The van der Waals surface area contributed by atoms with Gasteiger partial charge in [-0.05, 0) is 38.6 Å². The lowest BCUT2D eigenvalue weighted by Gasteiger charge is -2.31. The normalized spacial score (nSPS) is 34.8. The first-order valence-electron chi connectivity index (χ1n) is 5.69. The highest BCUT2D eigenvalue weighted by atomic mass is 16.5. The lowest BCUT2D eigenvalue weighted by Crippen LogP contribution is -2.42. The van der Waals surface area contributed by atoms with Gasteiger partial charge in [-0.15, -0.1) is 0 Å². The van der Waals surface area contributed by atoms with E-state index in [1.165, 1.54) is 38.5 Å². The van der Waals surface area contributed by atoms with Crippen LogP contribution in [0.1, 0.15) is 38.5 Å². The molecule has 0 amide bonds. The van der Waals surface area contributed by atoms with Gasteiger partial charge in [0.1, 0.15) is 0 Å². The third-order valence-electron chi connectivity index (χ3n) is 3.32. The van der Waals surface area contributed by atoms with Crippen molar-refractivity contribution >= 4 is 0 Å². The smallest absolute Gasteiger partial charge is 0.0728 e. The fourth-order valence-corrected chi connectivity index (χ4v) is 2.17. The molecule has 0 saturated heterocycles. The molecule has 2 heteroatoms. The topological polar surface area (TPSA) is 21.3 Å². The molecule has 0 aliphatic heterocycles. The van der Waals surface area contributed by atoms with Gasteiger partial charge in [0.25, 0.3) is 0 Å². The van der Waals surface area contributed by atoms with E-state index in [0.717, 1.165) is 12.5 Å². The molecule has 2 fully saturated rings. The zero-order chi connectivity index (χ0) is 9.10. The van der Waals surface area contributed by atoms with Crippen LogP contribution in [0.2, 0.25) is 0 Å². The first kappa shape index (κ1) is 9.47. The summed E-state index contributed by atoms with van der Waals surface area (Å²) in [5, 5.41) is 3.37. The van der Waals surface area contributed by atoms with Crippen molar-refractivity contribution < 1.29 is 4.74 Å². The van der Waals surface area contributed by atoms with Crippen LogP contribution in [0.25, 0.3) is 0 Å². The van der Waals surface area contributed by atoms with Crippen molar-refractivity contribution in [3.05, 3.63) is 0 Å². The number of hydrogen-bond acceptors (Lipinski definition) is 2. The van der Waals surface area contributed by atoms with Gasteiger partial charge in [0.15, 0.2) is 0 Å². The van der Waals surface area contributed by atoms with Gasteiger partial charge >= 0.3 is 0 Å². The molecule has 0 aromatic carbocycles. The Bertz CT molecular complexity index is 156. The monoisotopic (exact) mass is 183 g/mol. The van der Waals surface area contributed by atoms with Crippen LogP contribution < -0.4 is 5.32 Å². The van der Waals surface area contributed by atoms with E-state index in [2.05, 4.69) is 12.4 Å². The molecule has 2 atom stereocenters. The van der Waals surface area contributed by atoms with E-state index in [9.17, 15) is 0 Å². The molecular weight excluding hydrogens is 162 g/mol. The van der Waals surface area contributed by atoms with Gasteiger partial charge in [-0.2, -0.15) is 0 Å². The number of nitrogens with one attached hydrogen (secondary N) is 1. The summed E-state index contributed by atoms with van der Waals surface area (Å²) in [5.74, 6) is 0.902. The Kier molecular flexibility index (Phi) is 3.23. The van der Waals surface area contributed by atoms with Crippen LogP contribution in [0.3, 0.4) is 0 Å². The number of rotatable bonds is 4. The average molecular weight is 183 g/mol. The van der Waals surface area contributed by atoms with Gasteiger partial charge in [-0.1, -0.05) is 12.8 Å². The Morgan fingerprint density at radius 1 is 1.15 bits per heavy atom. The zero-order valence-electron chi connectivity index (χ0n) is 8.59. The highest BCUT2D eigenvalue weighted by Crippen LogP contribution is 2.30. The highest BCUT2D eigenvalue weighted by molar-refractivity contribution is 4.82. The minimum Gasteiger partial charge on any atom is -0.376 e. The van der Waals surface area contributed by atoms with Gasteiger partial charge in [0.2, 0.25) is 0 Å². The number of ether oxygens (including phenoxy) is 1. The maximum Gasteiger partial charge on any atom is 0.0728 e. The van der Waals surface area contributed by atoms with Crippen LogP contribution in [0, 0.1) is 5.92 Å². The summed E-state index contributed by atoms with van der Waals surface area (Å²) in [6, 6.07) is 0.618. The lowest BCUT2D eigenvalue weighted by atomic mass is 9.92. The second-order valence-electron chi connectivity index (χ2n) is 4.49. The molecule has 0 aromatic rings. The second kappa shape index (κ2) is 4.43. The van der Waals surface area contributed by atoms with Crippen molar-refractivity contribution in [3.63, 3.8) is 0 Å². The summed E-state index contributed by atoms with van der Waals surface area (Å²) in [6.07, 6.45) is 8.58. The van der Waals surface area contributed by atoms with Crippen molar-refractivity contribution in [2.75, 3.05) is 13.7 Å². The van der Waals surface area contributed by atoms with Crippen LogP contribution in [0.4, 0.5) is 0 Å². The van der Waals surface area contributed by atoms with E-state index < -0.39 is 0 Å². The van der Waals surface area contributed by atoms with Crippen LogP contribution in [-0.2, 0) is 4.74 Å². The van der Waals surface area contributed by atoms with Crippen molar-refractivity contribution in [1.82, 2.24) is 5.32 Å². The lowest BCUT2D eigenvalue weighted by molar-refractivity contribution is 0.00169. The fourth-order valence-electron chi connectivity index (χ4n) is 2.17. The predicted molar refractivity (Wildman–Crippen MR) is 53.8 cm³/mol. The van der Waals surface area contributed by atoms with Crippen molar-refractivity contribution in [2.45, 2.75) is 50.7 Å². The molecule has 1 N–H and O–H groups in total. The fraction of sp³-hybridized carbons (Fsp3) is 1.00. The third-order valence-corrected chi connectivity index (χ3v) is 3.32. The van der Waals surface area contributed by atoms with Crippen LogP contribution in [0.15, 0.2) is 0 Å². The Labute approximate surface area is 81.0 Å². The summed E-state index contributed by atoms with van der Waals surface area (Å²) >= 11 is 0. The maximum atomic E-state index is 5.95. The Hall–Kier alpha value is -0.0800. The van der Waals surface area contributed by atoms with Gasteiger partial charge < -0.3 is 10.1 Å². The van der Waals surface area contributed by atoms with E-state index >= 15 is 0 Å². The minimum atomic E-state index is 0.499. The summed E-state index contributed by atoms with van der Waals surface area (Å²) < 4.78 is 5.95. The minimum absolute atomic E-state index is 0.499. The van der Waals surface area contributed by atoms with Crippen LogP contribution >= 0.6 is 0 Å². The molecule has 0 heterocycles. The summed E-state index contributed by atoms with van der Waals surface area (Å²) in [4.78, 5) is 0. The molecule has 0 aromatic heterocycles. The third kappa shape index (κ3) is 2.68. The van der Waals surface area contributed by atoms with Crippen molar-refractivity contribution in [2.24, 2.45) is 5.92 Å². The largest absolute Gasteiger partial charge is 0.376 e. The molecule has 76 valence electrons. The van der Waals surface area contributed by atoms with Crippen molar-refractivity contribution in [1.29, 1.82) is 0 Å². The van der Waals surface area contributed by atoms with Crippen molar-refractivity contribution in [3.8, 4) is 0 Å². The molecule has 0 bridgehead atoms.